The van der Waals surface area contributed by atoms with Crippen molar-refractivity contribution >= 4 is 11.9 Å². The van der Waals surface area contributed by atoms with Crippen LogP contribution < -0.4 is 4.74 Å². The Morgan fingerprint density at radius 2 is 1.85 bits per heavy atom. The number of para-hydroxylation sites is 1. The first-order valence-corrected chi connectivity index (χ1v) is 6.67. The molecule has 0 amide bonds. The summed E-state index contributed by atoms with van der Waals surface area (Å²) in [5, 5.41) is 0. The van der Waals surface area contributed by atoms with Crippen LogP contribution in [-0.2, 0) is 14.3 Å². The first kappa shape index (κ1) is 16.1. The molecule has 4 nitrogen and oxygen atoms in total. The van der Waals surface area contributed by atoms with Crippen molar-refractivity contribution in [1.29, 1.82) is 0 Å². The second-order valence-corrected chi connectivity index (χ2v) is 4.49. The Labute approximate surface area is 117 Å². The topological polar surface area (TPSA) is 52.6 Å². The van der Waals surface area contributed by atoms with Crippen LogP contribution in [0.4, 0.5) is 4.39 Å². The lowest BCUT2D eigenvalue weighted by molar-refractivity contribution is -0.151. The molecule has 0 saturated heterocycles. The molecule has 1 aromatic rings. The van der Waals surface area contributed by atoms with Gasteiger partial charge >= 0.3 is 11.9 Å². The van der Waals surface area contributed by atoms with Gasteiger partial charge < -0.3 is 9.47 Å². The van der Waals surface area contributed by atoms with Crippen LogP contribution in [0.5, 0.6) is 5.75 Å². The normalized spacial score (nSPS) is 11.8. The van der Waals surface area contributed by atoms with Gasteiger partial charge in [0.05, 0.1) is 18.9 Å². The molecule has 0 heterocycles. The number of halogens is 1. The average molecular weight is 282 g/mol. The number of rotatable bonds is 7. The second-order valence-electron chi connectivity index (χ2n) is 4.49. The summed E-state index contributed by atoms with van der Waals surface area (Å²) in [5.41, 5.74) is 0. The molecule has 0 aliphatic rings. The van der Waals surface area contributed by atoms with E-state index in [1.807, 2.05) is 6.92 Å². The van der Waals surface area contributed by atoms with Gasteiger partial charge in [-0.05, 0) is 25.5 Å². The van der Waals surface area contributed by atoms with E-state index in [1.165, 1.54) is 18.2 Å². The van der Waals surface area contributed by atoms with Gasteiger partial charge in [-0.1, -0.05) is 25.5 Å². The molecule has 1 rings (SSSR count). The van der Waals surface area contributed by atoms with Crippen LogP contribution in [0.2, 0.25) is 0 Å². The van der Waals surface area contributed by atoms with E-state index in [1.54, 1.807) is 13.0 Å². The fourth-order valence-electron chi connectivity index (χ4n) is 1.65. The van der Waals surface area contributed by atoms with Crippen LogP contribution in [-0.4, -0.2) is 18.0 Å². The maximum atomic E-state index is 13.2. The summed E-state index contributed by atoms with van der Waals surface area (Å²) in [6, 6.07) is 5.61. The van der Waals surface area contributed by atoms with Crippen molar-refractivity contribution in [2.24, 2.45) is 0 Å². The van der Waals surface area contributed by atoms with E-state index < -0.39 is 17.8 Å². The SMILES string of the molecule is CCCC(C)OC(=O)CCC(=O)Oc1ccccc1F. The van der Waals surface area contributed by atoms with Crippen LogP contribution in [0.25, 0.3) is 0 Å². The van der Waals surface area contributed by atoms with E-state index in [9.17, 15) is 14.0 Å². The van der Waals surface area contributed by atoms with Gasteiger partial charge in [-0.2, -0.15) is 0 Å². The number of ether oxygens (including phenoxy) is 2. The Morgan fingerprint density at radius 1 is 1.20 bits per heavy atom. The summed E-state index contributed by atoms with van der Waals surface area (Å²) < 4.78 is 23.2. The van der Waals surface area contributed by atoms with Crippen molar-refractivity contribution in [2.45, 2.75) is 45.6 Å². The molecule has 110 valence electrons. The van der Waals surface area contributed by atoms with Crippen molar-refractivity contribution in [3.63, 3.8) is 0 Å². The standard InChI is InChI=1S/C15H19FO4/c1-3-6-11(2)19-14(17)9-10-15(18)20-13-8-5-4-7-12(13)16/h4-5,7-8,11H,3,6,9-10H2,1-2H3. The first-order valence-electron chi connectivity index (χ1n) is 6.67. The van der Waals surface area contributed by atoms with E-state index in [0.29, 0.717) is 0 Å². The third-order valence-electron chi connectivity index (χ3n) is 2.62. The largest absolute Gasteiger partial charge is 0.463 e. The van der Waals surface area contributed by atoms with Crippen molar-refractivity contribution in [3.8, 4) is 5.75 Å². The summed E-state index contributed by atoms with van der Waals surface area (Å²) in [6.07, 6.45) is 1.35. The lowest BCUT2D eigenvalue weighted by Crippen LogP contribution is -2.17. The van der Waals surface area contributed by atoms with Crippen molar-refractivity contribution in [1.82, 2.24) is 0 Å². The molecule has 1 unspecified atom stereocenters. The van der Waals surface area contributed by atoms with Gasteiger partial charge in [0.2, 0.25) is 0 Å². The number of esters is 2. The lowest BCUT2D eigenvalue weighted by atomic mass is 10.2. The van der Waals surface area contributed by atoms with E-state index in [2.05, 4.69) is 0 Å². The van der Waals surface area contributed by atoms with Crippen LogP contribution in [0, 0.1) is 5.82 Å². The Bertz CT molecular complexity index is 459. The van der Waals surface area contributed by atoms with Crippen molar-refractivity contribution in [3.05, 3.63) is 30.1 Å². The fourth-order valence-corrected chi connectivity index (χ4v) is 1.65. The van der Waals surface area contributed by atoms with E-state index in [0.717, 1.165) is 12.8 Å². The minimum absolute atomic E-state index is 0.0681. The first-order chi connectivity index (χ1) is 9.52. The number of carbonyl (C=O) groups is 2. The van der Waals surface area contributed by atoms with Crippen LogP contribution in [0.1, 0.15) is 39.5 Å². The van der Waals surface area contributed by atoms with Gasteiger partial charge in [0.25, 0.3) is 0 Å². The smallest absolute Gasteiger partial charge is 0.311 e. The predicted octanol–water partition coefficient (Wildman–Crippen LogP) is 3.24. The zero-order valence-corrected chi connectivity index (χ0v) is 11.7. The Balaban J connectivity index is 2.33. The maximum absolute atomic E-state index is 13.2. The number of carbonyl (C=O) groups excluding carboxylic acids is 2. The number of hydrogen-bond donors (Lipinski definition) is 0. The summed E-state index contributed by atoms with van der Waals surface area (Å²) in [6.45, 7) is 3.80. The molecule has 0 aliphatic heterocycles. The maximum Gasteiger partial charge on any atom is 0.311 e. The molecule has 0 radical (unpaired) electrons. The van der Waals surface area contributed by atoms with Crippen LogP contribution in [0.3, 0.4) is 0 Å². The molecular formula is C15H19FO4. The van der Waals surface area contributed by atoms with Crippen molar-refractivity contribution < 1.29 is 23.5 Å². The molecule has 1 atom stereocenters. The Hall–Kier alpha value is -1.91. The van der Waals surface area contributed by atoms with Crippen LogP contribution in [0.15, 0.2) is 24.3 Å². The molecule has 0 spiro atoms. The monoisotopic (exact) mass is 282 g/mol. The summed E-state index contributed by atoms with van der Waals surface area (Å²) >= 11 is 0. The third kappa shape index (κ3) is 5.82. The number of hydrogen-bond acceptors (Lipinski definition) is 4. The van der Waals surface area contributed by atoms with E-state index in [4.69, 9.17) is 9.47 Å². The van der Waals surface area contributed by atoms with Gasteiger partial charge in [-0.25, -0.2) is 4.39 Å². The molecule has 1 aromatic carbocycles. The van der Waals surface area contributed by atoms with Crippen LogP contribution >= 0.6 is 0 Å². The number of benzene rings is 1. The zero-order chi connectivity index (χ0) is 15.0. The summed E-state index contributed by atoms with van der Waals surface area (Å²) in [4.78, 5) is 22.9. The second kappa shape index (κ2) is 8.30. The molecule has 0 aromatic heterocycles. The Morgan fingerprint density at radius 3 is 2.50 bits per heavy atom. The fraction of sp³-hybridized carbons (Fsp3) is 0.467. The zero-order valence-electron chi connectivity index (χ0n) is 11.7. The quantitative estimate of drug-likeness (QED) is 0.569. The van der Waals surface area contributed by atoms with Gasteiger partial charge in [0, 0.05) is 0 Å². The molecule has 0 bridgehead atoms. The van der Waals surface area contributed by atoms with Gasteiger partial charge in [-0.15, -0.1) is 0 Å². The molecule has 5 heteroatoms. The highest BCUT2D eigenvalue weighted by Crippen LogP contribution is 2.16. The minimum Gasteiger partial charge on any atom is -0.463 e. The van der Waals surface area contributed by atoms with Gasteiger partial charge in [0.15, 0.2) is 11.6 Å². The lowest BCUT2D eigenvalue weighted by Gasteiger charge is -2.11. The summed E-state index contributed by atoms with van der Waals surface area (Å²) in [7, 11) is 0. The molecule has 20 heavy (non-hydrogen) atoms. The molecule has 0 fully saturated rings. The predicted molar refractivity (Wildman–Crippen MR) is 71.7 cm³/mol. The van der Waals surface area contributed by atoms with E-state index >= 15 is 0 Å². The van der Waals surface area contributed by atoms with Gasteiger partial charge in [0.1, 0.15) is 0 Å². The van der Waals surface area contributed by atoms with Crippen molar-refractivity contribution in [2.75, 3.05) is 0 Å². The van der Waals surface area contributed by atoms with E-state index in [-0.39, 0.29) is 24.7 Å². The third-order valence-corrected chi connectivity index (χ3v) is 2.62. The molecule has 0 aliphatic carbocycles. The molecule has 0 saturated carbocycles. The Kier molecular flexibility index (Phi) is 6.70. The minimum atomic E-state index is -0.657. The highest BCUT2D eigenvalue weighted by atomic mass is 19.1. The molecule has 0 N–H and O–H groups in total. The summed E-state index contributed by atoms with van der Waals surface area (Å²) in [5.74, 6) is -1.85. The highest BCUT2D eigenvalue weighted by Gasteiger charge is 2.13. The average Bonchev–Trinajstić information content (AvgIpc) is 2.39. The molecular weight excluding hydrogens is 263 g/mol. The van der Waals surface area contributed by atoms with Gasteiger partial charge in [-0.3, -0.25) is 9.59 Å². The highest BCUT2D eigenvalue weighted by molar-refractivity contribution is 5.79.